The molecule has 2 heterocycles. The first-order chi connectivity index (χ1) is 8.29. The SMILES string of the molecule is Cc1cc2c(Cl)ncnc2n1C(=O)OC(C)(C)C. The maximum absolute atomic E-state index is 12.1. The quantitative estimate of drug-likeness (QED) is 0.688. The van der Waals surface area contributed by atoms with E-state index >= 15 is 0 Å². The average Bonchev–Trinajstić information content (AvgIpc) is 2.53. The molecule has 0 saturated carbocycles. The van der Waals surface area contributed by atoms with E-state index in [-0.39, 0.29) is 0 Å². The summed E-state index contributed by atoms with van der Waals surface area (Å²) in [6.45, 7) is 7.23. The fraction of sp³-hybridized carbons (Fsp3) is 0.417. The average molecular weight is 268 g/mol. The number of nitrogens with zero attached hydrogens (tertiary/aromatic N) is 3. The molecule has 2 aromatic rings. The van der Waals surface area contributed by atoms with Gasteiger partial charge in [-0.25, -0.2) is 19.3 Å². The van der Waals surface area contributed by atoms with Crippen molar-refractivity contribution in [3.63, 3.8) is 0 Å². The smallest absolute Gasteiger partial charge is 0.420 e. The highest BCUT2D eigenvalue weighted by molar-refractivity contribution is 6.34. The minimum Gasteiger partial charge on any atom is -0.443 e. The second kappa shape index (κ2) is 4.24. The van der Waals surface area contributed by atoms with Crippen molar-refractivity contribution in [2.75, 3.05) is 0 Å². The summed E-state index contributed by atoms with van der Waals surface area (Å²) in [7, 11) is 0. The lowest BCUT2D eigenvalue weighted by Crippen LogP contribution is -2.27. The number of carbonyl (C=O) groups is 1. The highest BCUT2D eigenvalue weighted by Crippen LogP contribution is 2.24. The first kappa shape index (κ1) is 12.8. The van der Waals surface area contributed by atoms with Crippen molar-refractivity contribution < 1.29 is 9.53 Å². The highest BCUT2D eigenvalue weighted by Gasteiger charge is 2.22. The second-order valence-electron chi connectivity index (χ2n) is 5.00. The van der Waals surface area contributed by atoms with Crippen LogP contribution in [-0.2, 0) is 4.74 Å². The predicted molar refractivity (Wildman–Crippen MR) is 68.9 cm³/mol. The van der Waals surface area contributed by atoms with E-state index in [1.807, 2.05) is 20.8 Å². The Morgan fingerprint density at radius 2 is 2.06 bits per heavy atom. The molecule has 0 spiro atoms. The van der Waals surface area contributed by atoms with E-state index in [0.29, 0.717) is 21.9 Å². The topological polar surface area (TPSA) is 57.0 Å². The van der Waals surface area contributed by atoms with Gasteiger partial charge in [0.15, 0.2) is 5.65 Å². The molecule has 0 N–H and O–H groups in total. The molecule has 2 aromatic heterocycles. The van der Waals surface area contributed by atoms with Gasteiger partial charge < -0.3 is 4.74 Å². The Morgan fingerprint density at radius 3 is 2.67 bits per heavy atom. The van der Waals surface area contributed by atoms with Crippen LogP contribution < -0.4 is 0 Å². The molecule has 0 aliphatic carbocycles. The van der Waals surface area contributed by atoms with Gasteiger partial charge in [0.05, 0.1) is 5.39 Å². The van der Waals surface area contributed by atoms with Crippen molar-refractivity contribution in [1.29, 1.82) is 0 Å². The van der Waals surface area contributed by atoms with E-state index in [2.05, 4.69) is 9.97 Å². The molecule has 96 valence electrons. The molecule has 6 heteroatoms. The molecule has 0 unspecified atom stereocenters. The van der Waals surface area contributed by atoms with Crippen molar-refractivity contribution in [3.05, 3.63) is 23.2 Å². The van der Waals surface area contributed by atoms with Gasteiger partial charge in [-0.2, -0.15) is 0 Å². The summed E-state index contributed by atoms with van der Waals surface area (Å²) < 4.78 is 6.73. The van der Waals surface area contributed by atoms with E-state index < -0.39 is 11.7 Å². The molecular formula is C12H14ClN3O2. The monoisotopic (exact) mass is 267 g/mol. The molecule has 2 rings (SSSR count). The number of fused-ring (bicyclic) bond motifs is 1. The largest absolute Gasteiger partial charge is 0.443 e. The number of hydrogen-bond acceptors (Lipinski definition) is 4. The summed E-state index contributed by atoms with van der Waals surface area (Å²) in [5, 5.41) is 0.966. The molecule has 0 aliphatic rings. The third-order valence-electron chi connectivity index (χ3n) is 2.31. The Bertz CT molecular complexity index is 614. The fourth-order valence-electron chi connectivity index (χ4n) is 1.65. The minimum atomic E-state index is -0.559. The molecule has 0 aromatic carbocycles. The summed E-state index contributed by atoms with van der Waals surface area (Å²) in [6, 6.07) is 1.77. The molecule has 5 nitrogen and oxygen atoms in total. The van der Waals surface area contributed by atoms with E-state index in [9.17, 15) is 4.79 Å². The van der Waals surface area contributed by atoms with Crippen molar-refractivity contribution in [2.24, 2.45) is 0 Å². The second-order valence-corrected chi connectivity index (χ2v) is 5.36. The van der Waals surface area contributed by atoms with Gasteiger partial charge in [0.25, 0.3) is 0 Å². The zero-order chi connectivity index (χ0) is 13.5. The molecule has 18 heavy (non-hydrogen) atoms. The van der Waals surface area contributed by atoms with Crippen LogP contribution in [0, 0.1) is 6.92 Å². The third kappa shape index (κ3) is 2.31. The first-order valence-electron chi connectivity index (χ1n) is 5.51. The van der Waals surface area contributed by atoms with Gasteiger partial charge in [0, 0.05) is 5.69 Å². The zero-order valence-electron chi connectivity index (χ0n) is 10.7. The molecule has 0 atom stereocenters. The van der Waals surface area contributed by atoms with E-state index in [1.54, 1.807) is 13.0 Å². The molecule has 0 bridgehead atoms. The Labute approximate surface area is 110 Å². The van der Waals surface area contributed by atoms with Crippen LogP contribution >= 0.6 is 11.6 Å². The van der Waals surface area contributed by atoms with Crippen LogP contribution in [0.3, 0.4) is 0 Å². The van der Waals surface area contributed by atoms with Crippen molar-refractivity contribution in [2.45, 2.75) is 33.3 Å². The number of ether oxygens (including phenoxy) is 1. The lowest BCUT2D eigenvalue weighted by atomic mass is 10.2. The lowest BCUT2D eigenvalue weighted by molar-refractivity contribution is 0.0541. The fourth-order valence-corrected chi connectivity index (χ4v) is 1.83. The van der Waals surface area contributed by atoms with Gasteiger partial charge in [-0.1, -0.05) is 11.6 Å². The van der Waals surface area contributed by atoms with Crippen LogP contribution in [0.4, 0.5) is 4.79 Å². The van der Waals surface area contributed by atoms with Crippen molar-refractivity contribution in [3.8, 4) is 0 Å². The van der Waals surface area contributed by atoms with Gasteiger partial charge in [-0.15, -0.1) is 0 Å². The molecule has 0 fully saturated rings. The number of hydrogen-bond donors (Lipinski definition) is 0. The molecule has 0 saturated heterocycles. The van der Waals surface area contributed by atoms with Gasteiger partial charge in [0.1, 0.15) is 17.1 Å². The normalized spacial score (nSPS) is 11.8. The van der Waals surface area contributed by atoms with Crippen molar-refractivity contribution in [1.82, 2.24) is 14.5 Å². The van der Waals surface area contributed by atoms with Crippen LogP contribution in [0.1, 0.15) is 26.5 Å². The molecule has 0 aliphatic heterocycles. The standard InChI is InChI=1S/C12H14ClN3O2/c1-7-5-8-9(13)14-6-15-10(8)16(7)11(17)18-12(2,3)4/h5-6H,1-4H3. The minimum absolute atomic E-state index is 0.324. The summed E-state index contributed by atoms with van der Waals surface area (Å²) >= 11 is 5.96. The van der Waals surface area contributed by atoms with E-state index in [1.165, 1.54) is 10.9 Å². The van der Waals surface area contributed by atoms with Crippen LogP contribution in [0.15, 0.2) is 12.4 Å². The van der Waals surface area contributed by atoms with Gasteiger partial charge in [-0.3, -0.25) is 0 Å². The number of aromatic nitrogens is 3. The summed E-state index contributed by atoms with van der Waals surface area (Å²) in [6.07, 6.45) is 0.857. The number of rotatable bonds is 0. The number of aryl methyl sites for hydroxylation is 1. The van der Waals surface area contributed by atoms with Crippen LogP contribution in [0.25, 0.3) is 11.0 Å². The maximum atomic E-state index is 12.1. The predicted octanol–water partition coefficient (Wildman–Crippen LogP) is 3.18. The van der Waals surface area contributed by atoms with E-state index in [0.717, 1.165) is 0 Å². The molecular weight excluding hydrogens is 254 g/mol. The summed E-state index contributed by atoms with van der Waals surface area (Å²) in [5.74, 6) is 0. The lowest BCUT2D eigenvalue weighted by Gasteiger charge is -2.20. The third-order valence-corrected chi connectivity index (χ3v) is 2.61. The summed E-state index contributed by atoms with van der Waals surface area (Å²) in [4.78, 5) is 20.1. The summed E-state index contributed by atoms with van der Waals surface area (Å²) in [5.41, 5.74) is 0.611. The van der Waals surface area contributed by atoms with Gasteiger partial charge in [0.2, 0.25) is 0 Å². The van der Waals surface area contributed by atoms with E-state index in [4.69, 9.17) is 16.3 Å². The Balaban J connectivity index is 2.54. The first-order valence-corrected chi connectivity index (χ1v) is 5.89. The van der Waals surface area contributed by atoms with Crippen LogP contribution in [0.2, 0.25) is 5.15 Å². The zero-order valence-corrected chi connectivity index (χ0v) is 11.4. The molecule has 0 radical (unpaired) electrons. The Kier molecular flexibility index (Phi) is 3.02. The highest BCUT2D eigenvalue weighted by atomic mass is 35.5. The van der Waals surface area contributed by atoms with Crippen LogP contribution in [0.5, 0.6) is 0 Å². The van der Waals surface area contributed by atoms with Crippen molar-refractivity contribution >= 4 is 28.7 Å². The maximum Gasteiger partial charge on any atom is 0.420 e. The Morgan fingerprint density at radius 1 is 1.39 bits per heavy atom. The van der Waals surface area contributed by atoms with Crippen LogP contribution in [-0.4, -0.2) is 26.2 Å². The number of carbonyl (C=O) groups excluding carboxylic acids is 1. The number of halogens is 1. The van der Waals surface area contributed by atoms with Gasteiger partial charge >= 0.3 is 6.09 Å². The molecule has 0 amide bonds. The Hall–Kier alpha value is -1.62. The van der Waals surface area contributed by atoms with Gasteiger partial charge in [-0.05, 0) is 33.8 Å².